The van der Waals surface area contributed by atoms with E-state index in [9.17, 15) is 0 Å². The van der Waals surface area contributed by atoms with Crippen molar-refractivity contribution in [2.24, 2.45) is 0 Å². The Labute approximate surface area is 159 Å². The topological polar surface area (TPSA) is 72.1 Å². The molecule has 7 heteroatoms. The summed E-state index contributed by atoms with van der Waals surface area (Å²) in [5.74, 6) is 0.607. The zero-order valence-corrected chi connectivity index (χ0v) is 16.2. The fraction of sp³-hybridized carbons (Fsp3) is 0.400. The predicted octanol–water partition coefficient (Wildman–Crippen LogP) is 2.91. The van der Waals surface area contributed by atoms with Gasteiger partial charge in [0.2, 0.25) is 5.95 Å². The van der Waals surface area contributed by atoms with Gasteiger partial charge in [-0.2, -0.15) is 0 Å². The van der Waals surface area contributed by atoms with Gasteiger partial charge in [0.05, 0.1) is 11.2 Å². The van der Waals surface area contributed by atoms with E-state index >= 15 is 0 Å². The first-order valence-corrected chi connectivity index (χ1v) is 9.32. The van der Waals surface area contributed by atoms with Gasteiger partial charge >= 0.3 is 7.12 Å². The number of fused-ring (bicyclic) bond motifs is 1. The first kappa shape index (κ1) is 18.0. The summed E-state index contributed by atoms with van der Waals surface area (Å²) in [4.78, 5) is 12.1. The van der Waals surface area contributed by atoms with Gasteiger partial charge in [-0.1, -0.05) is 18.2 Å². The van der Waals surface area contributed by atoms with E-state index in [2.05, 4.69) is 44.7 Å². The van der Waals surface area contributed by atoms with Gasteiger partial charge in [-0.25, -0.2) is 9.97 Å². The first-order chi connectivity index (χ1) is 12.9. The van der Waals surface area contributed by atoms with Gasteiger partial charge in [0.1, 0.15) is 0 Å². The van der Waals surface area contributed by atoms with Crippen molar-refractivity contribution in [3.05, 3.63) is 48.4 Å². The van der Waals surface area contributed by atoms with Crippen LogP contribution in [-0.2, 0) is 15.7 Å². The molecule has 6 nitrogen and oxygen atoms in total. The molecule has 2 aromatic heterocycles. The van der Waals surface area contributed by atoms with E-state index in [1.54, 1.807) is 12.4 Å². The number of hydrogen-bond donors (Lipinski definition) is 2. The molecular formula is C20H25BN4O2. The molecule has 4 rings (SSSR count). The number of aromatic nitrogens is 3. The zero-order valence-electron chi connectivity index (χ0n) is 16.2. The quantitative estimate of drug-likeness (QED) is 0.681. The minimum absolute atomic E-state index is 0.367. The lowest BCUT2D eigenvalue weighted by Crippen LogP contribution is -2.41. The Balaban J connectivity index is 1.36. The lowest BCUT2D eigenvalue weighted by molar-refractivity contribution is 0.00578. The standard InChI is InChI=1S/C20H25BN4O2/c1-19(2)20(3,4)27-21(26-19)15-12-24-18(25-13-15)22-10-9-14-11-23-17-8-6-5-7-16(14)17/h5-8,11-13,23H,9-10H2,1-4H3,(H,22,24,25). The molecule has 0 spiro atoms. The minimum Gasteiger partial charge on any atom is -0.399 e. The third-order valence-electron chi connectivity index (χ3n) is 5.55. The fourth-order valence-corrected chi connectivity index (χ4v) is 3.18. The average molecular weight is 364 g/mol. The van der Waals surface area contributed by atoms with Gasteiger partial charge in [0.25, 0.3) is 0 Å². The van der Waals surface area contributed by atoms with Crippen molar-refractivity contribution in [1.82, 2.24) is 15.0 Å². The average Bonchev–Trinajstić information content (AvgIpc) is 3.14. The molecule has 1 saturated heterocycles. The third kappa shape index (κ3) is 3.45. The number of benzene rings is 1. The highest BCUT2D eigenvalue weighted by Gasteiger charge is 2.51. The second-order valence-corrected chi connectivity index (χ2v) is 7.96. The van der Waals surface area contributed by atoms with E-state index in [-0.39, 0.29) is 11.2 Å². The maximum atomic E-state index is 6.03. The van der Waals surface area contributed by atoms with E-state index in [4.69, 9.17) is 9.31 Å². The second-order valence-electron chi connectivity index (χ2n) is 7.96. The van der Waals surface area contributed by atoms with Crippen LogP contribution in [0, 0.1) is 0 Å². The summed E-state index contributed by atoms with van der Waals surface area (Å²) < 4.78 is 12.1. The van der Waals surface area contributed by atoms with Gasteiger partial charge in [-0.3, -0.25) is 0 Å². The van der Waals surface area contributed by atoms with Crippen LogP contribution in [0.4, 0.5) is 5.95 Å². The summed E-state index contributed by atoms with van der Waals surface area (Å²) >= 11 is 0. The molecule has 0 amide bonds. The van der Waals surface area contributed by atoms with Crippen molar-refractivity contribution in [2.45, 2.75) is 45.3 Å². The Morgan fingerprint density at radius 3 is 2.41 bits per heavy atom. The minimum atomic E-state index is -0.435. The number of hydrogen-bond acceptors (Lipinski definition) is 5. The molecule has 0 unspecified atom stereocenters. The summed E-state index contributed by atoms with van der Waals surface area (Å²) in [6, 6.07) is 8.32. The van der Waals surface area contributed by atoms with Crippen LogP contribution in [0.5, 0.6) is 0 Å². The van der Waals surface area contributed by atoms with Crippen LogP contribution in [0.2, 0.25) is 0 Å². The Morgan fingerprint density at radius 1 is 1.04 bits per heavy atom. The molecular weight excluding hydrogens is 339 g/mol. The smallest absolute Gasteiger partial charge is 0.399 e. The highest BCUT2D eigenvalue weighted by Crippen LogP contribution is 2.36. The lowest BCUT2D eigenvalue weighted by Gasteiger charge is -2.32. The van der Waals surface area contributed by atoms with E-state index in [1.807, 2.05) is 33.8 Å². The van der Waals surface area contributed by atoms with Crippen molar-refractivity contribution in [3.63, 3.8) is 0 Å². The summed E-state index contributed by atoms with van der Waals surface area (Å²) in [6.45, 7) is 8.91. The van der Waals surface area contributed by atoms with Crippen molar-refractivity contribution < 1.29 is 9.31 Å². The van der Waals surface area contributed by atoms with Gasteiger partial charge < -0.3 is 19.6 Å². The molecule has 1 fully saturated rings. The molecule has 1 aromatic carbocycles. The van der Waals surface area contributed by atoms with Crippen molar-refractivity contribution >= 4 is 29.4 Å². The summed E-state index contributed by atoms with van der Waals surface area (Å²) in [7, 11) is -0.435. The molecule has 0 bridgehead atoms. The van der Waals surface area contributed by atoms with E-state index in [0.717, 1.165) is 23.9 Å². The predicted molar refractivity (Wildman–Crippen MR) is 108 cm³/mol. The lowest BCUT2D eigenvalue weighted by atomic mass is 9.81. The Hall–Kier alpha value is -2.38. The van der Waals surface area contributed by atoms with Gasteiger partial charge in [0.15, 0.2) is 0 Å². The number of aromatic amines is 1. The zero-order chi connectivity index (χ0) is 19.1. The Bertz CT molecular complexity index is 921. The van der Waals surface area contributed by atoms with Crippen LogP contribution in [0.25, 0.3) is 10.9 Å². The molecule has 3 heterocycles. The van der Waals surface area contributed by atoms with Crippen molar-refractivity contribution in [3.8, 4) is 0 Å². The third-order valence-corrected chi connectivity index (χ3v) is 5.55. The molecule has 0 aliphatic carbocycles. The number of nitrogens with zero attached hydrogens (tertiary/aromatic N) is 2. The molecule has 1 aliphatic rings. The highest BCUT2D eigenvalue weighted by molar-refractivity contribution is 6.61. The van der Waals surface area contributed by atoms with E-state index < -0.39 is 7.12 Å². The van der Waals surface area contributed by atoms with Crippen LogP contribution in [0.3, 0.4) is 0 Å². The van der Waals surface area contributed by atoms with Gasteiger partial charge in [-0.05, 0) is 45.7 Å². The van der Waals surface area contributed by atoms with Crippen LogP contribution >= 0.6 is 0 Å². The van der Waals surface area contributed by atoms with Gasteiger partial charge in [0, 0.05) is 41.5 Å². The Kier molecular flexibility index (Phi) is 4.44. The maximum absolute atomic E-state index is 6.03. The van der Waals surface area contributed by atoms with Crippen molar-refractivity contribution in [2.75, 3.05) is 11.9 Å². The van der Waals surface area contributed by atoms with Crippen LogP contribution < -0.4 is 10.8 Å². The normalized spacial score (nSPS) is 18.1. The molecule has 1 aliphatic heterocycles. The Morgan fingerprint density at radius 2 is 1.70 bits per heavy atom. The van der Waals surface area contributed by atoms with Crippen LogP contribution in [0.1, 0.15) is 33.3 Å². The fourth-order valence-electron chi connectivity index (χ4n) is 3.18. The summed E-state index contributed by atoms with van der Waals surface area (Å²) in [6.07, 6.45) is 6.49. The van der Waals surface area contributed by atoms with Crippen molar-refractivity contribution in [1.29, 1.82) is 0 Å². The SMILES string of the molecule is CC1(C)OB(c2cnc(NCCc3c[nH]c4ccccc34)nc2)OC1(C)C. The molecule has 0 saturated carbocycles. The summed E-state index contributed by atoms with van der Waals surface area (Å²) in [5.41, 5.74) is 2.54. The largest absolute Gasteiger partial charge is 0.498 e. The first-order valence-electron chi connectivity index (χ1n) is 9.32. The molecule has 27 heavy (non-hydrogen) atoms. The summed E-state index contributed by atoms with van der Waals surface area (Å²) in [5, 5.41) is 4.54. The van der Waals surface area contributed by atoms with E-state index in [0.29, 0.717) is 5.95 Å². The molecule has 0 atom stereocenters. The van der Waals surface area contributed by atoms with E-state index in [1.165, 1.54) is 10.9 Å². The monoisotopic (exact) mass is 364 g/mol. The number of anilines is 1. The highest BCUT2D eigenvalue weighted by atomic mass is 16.7. The van der Waals surface area contributed by atoms with Crippen LogP contribution in [-0.4, -0.2) is 39.8 Å². The molecule has 3 aromatic rings. The second kappa shape index (κ2) is 6.66. The number of para-hydroxylation sites is 1. The molecule has 0 radical (unpaired) electrons. The maximum Gasteiger partial charge on any atom is 0.498 e. The number of H-pyrrole nitrogens is 1. The van der Waals surface area contributed by atoms with Gasteiger partial charge in [-0.15, -0.1) is 0 Å². The van der Waals surface area contributed by atoms with Crippen LogP contribution in [0.15, 0.2) is 42.9 Å². The molecule has 140 valence electrons. The number of nitrogens with one attached hydrogen (secondary N) is 2. The number of rotatable bonds is 5. The molecule has 2 N–H and O–H groups in total.